The van der Waals surface area contributed by atoms with Gasteiger partial charge in [-0.25, -0.2) is 0 Å². The molecule has 0 bridgehead atoms. The van der Waals surface area contributed by atoms with Crippen molar-refractivity contribution in [3.8, 4) is 0 Å². The Morgan fingerprint density at radius 3 is 2.57 bits per heavy atom. The maximum Gasteiger partial charge on any atom is 0.416 e. The van der Waals surface area contributed by atoms with Gasteiger partial charge in [0.1, 0.15) is 0 Å². The molecule has 0 aliphatic carbocycles. The Hall–Kier alpha value is -2.99. The summed E-state index contributed by atoms with van der Waals surface area (Å²) in [6.45, 7) is 4.54. The number of alkyl halides is 3. The SMILES string of the molecule is C=CCN(Cc1cccn1Cc1cccc(C(F)(F)F)c1)C(=O)c1ccccc1Cl. The number of nitrogens with zero attached hydrogens (tertiary/aromatic N) is 2. The van der Waals surface area contributed by atoms with Gasteiger partial charge in [0.15, 0.2) is 0 Å². The third-order valence-corrected chi connectivity index (χ3v) is 4.95. The minimum atomic E-state index is -4.39. The van der Waals surface area contributed by atoms with Crippen LogP contribution in [0, 0.1) is 0 Å². The molecule has 3 aromatic rings. The molecule has 1 heterocycles. The van der Waals surface area contributed by atoms with Crippen LogP contribution in [0.5, 0.6) is 0 Å². The molecule has 156 valence electrons. The largest absolute Gasteiger partial charge is 0.416 e. The second kappa shape index (κ2) is 9.22. The van der Waals surface area contributed by atoms with Crippen molar-refractivity contribution in [3.05, 3.63) is 107 Å². The lowest BCUT2D eigenvalue weighted by Crippen LogP contribution is -2.31. The zero-order chi connectivity index (χ0) is 21.7. The lowest BCUT2D eigenvalue weighted by atomic mass is 10.1. The monoisotopic (exact) mass is 432 g/mol. The standard InChI is InChI=1S/C23H20ClF3N2O/c1-2-12-29(22(30)20-10-3-4-11-21(20)24)16-19-9-6-13-28(19)15-17-7-5-8-18(14-17)23(25,26)27/h2-11,13-14H,1,12,15-16H2. The van der Waals surface area contributed by atoms with Gasteiger partial charge in [0.2, 0.25) is 0 Å². The Kier molecular flexibility index (Phi) is 6.67. The molecule has 0 radical (unpaired) electrons. The van der Waals surface area contributed by atoms with Crippen molar-refractivity contribution in [1.82, 2.24) is 9.47 Å². The van der Waals surface area contributed by atoms with Gasteiger partial charge in [0.05, 0.1) is 22.7 Å². The Morgan fingerprint density at radius 1 is 1.10 bits per heavy atom. The van der Waals surface area contributed by atoms with E-state index < -0.39 is 11.7 Å². The van der Waals surface area contributed by atoms with Gasteiger partial charge in [-0.05, 0) is 42.0 Å². The fourth-order valence-electron chi connectivity index (χ4n) is 3.17. The Bertz CT molecular complexity index is 1040. The van der Waals surface area contributed by atoms with E-state index in [0.717, 1.165) is 17.8 Å². The number of rotatable bonds is 7. The van der Waals surface area contributed by atoms with Gasteiger partial charge in [-0.2, -0.15) is 13.2 Å². The summed E-state index contributed by atoms with van der Waals surface area (Å²) in [6, 6.07) is 15.7. The molecule has 3 rings (SSSR count). The molecule has 0 saturated heterocycles. The summed E-state index contributed by atoms with van der Waals surface area (Å²) in [5.41, 5.74) is 1.01. The van der Waals surface area contributed by atoms with Gasteiger partial charge < -0.3 is 9.47 Å². The van der Waals surface area contributed by atoms with Crippen molar-refractivity contribution < 1.29 is 18.0 Å². The van der Waals surface area contributed by atoms with E-state index in [1.807, 2.05) is 10.6 Å². The Balaban J connectivity index is 1.82. The highest BCUT2D eigenvalue weighted by Gasteiger charge is 2.30. The Morgan fingerprint density at radius 2 is 1.87 bits per heavy atom. The number of benzene rings is 2. The highest BCUT2D eigenvalue weighted by atomic mass is 35.5. The number of amides is 1. The zero-order valence-corrected chi connectivity index (χ0v) is 16.8. The maximum atomic E-state index is 13.0. The molecule has 0 unspecified atom stereocenters. The fraction of sp³-hybridized carbons (Fsp3) is 0.174. The van der Waals surface area contributed by atoms with Gasteiger partial charge in [-0.3, -0.25) is 4.79 Å². The van der Waals surface area contributed by atoms with Gasteiger partial charge in [-0.15, -0.1) is 6.58 Å². The summed E-state index contributed by atoms with van der Waals surface area (Å²) in [6.07, 6.45) is -0.992. The van der Waals surface area contributed by atoms with Crippen LogP contribution in [-0.4, -0.2) is 21.9 Å². The molecule has 0 saturated carbocycles. The van der Waals surface area contributed by atoms with Crippen LogP contribution in [-0.2, 0) is 19.3 Å². The average Bonchev–Trinajstić information content (AvgIpc) is 3.13. The van der Waals surface area contributed by atoms with Crippen molar-refractivity contribution in [2.45, 2.75) is 19.3 Å². The van der Waals surface area contributed by atoms with Gasteiger partial charge in [0.25, 0.3) is 5.91 Å². The Labute approximate surface area is 178 Å². The minimum Gasteiger partial charge on any atom is -0.345 e. The van der Waals surface area contributed by atoms with E-state index in [-0.39, 0.29) is 19.0 Å². The van der Waals surface area contributed by atoms with E-state index in [4.69, 9.17) is 11.6 Å². The predicted molar refractivity (Wildman–Crippen MR) is 111 cm³/mol. The van der Waals surface area contributed by atoms with Crippen LogP contribution in [0.2, 0.25) is 5.02 Å². The maximum absolute atomic E-state index is 13.0. The molecule has 0 atom stereocenters. The number of hydrogen-bond donors (Lipinski definition) is 0. The van der Waals surface area contributed by atoms with E-state index in [1.54, 1.807) is 53.6 Å². The summed E-state index contributed by atoms with van der Waals surface area (Å²) in [5.74, 6) is -0.243. The molecular formula is C23H20ClF3N2O. The molecule has 2 aromatic carbocycles. The van der Waals surface area contributed by atoms with E-state index in [0.29, 0.717) is 22.7 Å². The molecule has 1 aromatic heterocycles. The molecule has 0 spiro atoms. The van der Waals surface area contributed by atoms with Crippen molar-refractivity contribution in [3.63, 3.8) is 0 Å². The number of halogens is 4. The summed E-state index contributed by atoms with van der Waals surface area (Å²) in [7, 11) is 0. The third-order valence-electron chi connectivity index (χ3n) is 4.62. The number of carbonyl (C=O) groups excluding carboxylic acids is 1. The summed E-state index contributed by atoms with van der Waals surface area (Å²) in [5, 5.41) is 0.357. The van der Waals surface area contributed by atoms with E-state index >= 15 is 0 Å². The summed E-state index contributed by atoms with van der Waals surface area (Å²) < 4.78 is 40.8. The van der Waals surface area contributed by atoms with Crippen molar-refractivity contribution >= 4 is 17.5 Å². The smallest absolute Gasteiger partial charge is 0.345 e. The van der Waals surface area contributed by atoms with Crippen molar-refractivity contribution in [1.29, 1.82) is 0 Å². The van der Waals surface area contributed by atoms with Crippen LogP contribution >= 0.6 is 11.6 Å². The van der Waals surface area contributed by atoms with Crippen LogP contribution in [0.1, 0.15) is 27.2 Å². The van der Waals surface area contributed by atoms with Crippen LogP contribution in [0.4, 0.5) is 13.2 Å². The minimum absolute atomic E-state index is 0.243. The lowest BCUT2D eigenvalue weighted by molar-refractivity contribution is -0.137. The molecule has 0 N–H and O–H groups in total. The van der Waals surface area contributed by atoms with E-state index in [1.165, 1.54) is 6.07 Å². The molecule has 7 heteroatoms. The molecule has 0 fully saturated rings. The first-order valence-electron chi connectivity index (χ1n) is 9.24. The predicted octanol–water partition coefficient (Wildman–Crippen LogP) is 6.04. The highest BCUT2D eigenvalue weighted by molar-refractivity contribution is 6.33. The van der Waals surface area contributed by atoms with Crippen molar-refractivity contribution in [2.75, 3.05) is 6.54 Å². The number of carbonyl (C=O) groups is 1. The molecule has 30 heavy (non-hydrogen) atoms. The first-order valence-corrected chi connectivity index (χ1v) is 9.62. The first kappa shape index (κ1) is 21.7. The highest BCUT2D eigenvalue weighted by Crippen LogP contribution is 2.29. The van der Waals surface area contributed by atoms with Crippen LogP contribution < -0.4 is 0 Å². The van der Waals surface area contributed by atoms with Crippen molar-refractivity contribution in [2.24, 2.45) is 0 Å². The summed E-state index contributed by atoms with van der Waals surface area (Å²) in [4.78, 5) is 14.6. The van der Waals surface area contributed by atoms with E-state index in [2.05, 4.69) is 6.58 Å². The lowest BCUT2D eigenvalue weighted by Gasteiger charge is -2.23. The fourth-order valence-corrected chi connectivity index (χ4v) is 3.38. The van der Waals surface area contributed by atoms with Crippen LogP contribution in [0.25, 0.3) is 0 Å². The molecule has 3 nitrogen and oxygen atoms in total. The first-order chi connectivity index (χ1) is 14.3. The quantitative estimate of drug-likeness (QED) is 0.418. The molecular weight excluding hydrogens is 413 g/mol. The van der Waals surface area contributed by atoms with E-state index in [9.17, 15) is 18.0 Å². The third kappa shape index (κ3) is 5.13. The van der Waals surface area contributed by atoms with Crippen LogP contribution in [0.15, 0.2) is 79.5 Å². The number of aromatic nitrogens is 1. The average molecular weight is 433 g/mol. The van der Waals surface area contributed by atoms with Gasteiger partial charge in [-0.1, -0.05) is 41.9 Å². The molecule has 0 aliphatic rings. The molecule has 0 aliphatic heterocycles. The molecule has 1 amide bonds. The van der Waals surface area contributed by atoms with Gasteiger partial charge in [0, 0.05) is 25.0 Å². The topological polar surface area (TPSA) is 25.2 Å². The normalized spacial score (nSPS) is 11.3. The van der Waals surface area contributed by atoms with Crippen LogP contribution in [0.3, 0.4) is 0 Å². The van der Waals surface area contributed by atoms with Gasteiger partial charge >= 0.3 is 6.18 Å². The second-order valence-corrected chi connectivity index (χ2v) is 7.19. The summed E-state index contributed by atoms with van der Waals surface area (Å²) >= 11 is 6.16. The number of hydrogen-bond acceptors (Lipinski definition) is 1. The zero-order valence-electron chi connectivity index (χ0n) is 16.1. The second-order valence-electron chi connectivity index (χ2n) is 6.78.